The van der Waals surface area contributed by atoms with Crippen molar-refractivity contribution in [2.24, 2.45) is 0 Å². The van der Waals surface area contributed by atoms with Crippen molar-refractivity contribution in [1.82, 2.24) is 14.9 Å². The highest BCUT2D eigenvalue weighted by Crippen LogP contribution is 2.30. The number of aryl methyl sites for hydroxylation is 1. The summed E-state index contributed by atoms with van der Waals surface area (Å²) in [5.41, 5.74) is 4.43. The van der Waals surface area contributed by atoms with Crippen LogP contribution in [0.15, 0.2) is 56.6 Å². The molecular formula is C22H22BrN3O3S. The van der Waals surface area contributed by atoms with Crippen LogP contribution in [-0.2, 0) is 29.4 Å². The van der Waals surface area contributed by atoms with E-state index in [0.29, 0.717) is 16.8 Å². The summed E-state index contributed by atoms with van der Waals surface area (Å²) in [4.78, 5) is 12.4. The first-order valence-electron chi connectivity index (χ1n) is 9.81. The standard InChI is InChI=1S/C22H22BrN3O3S/c1-14-6-9-16(21-18-4-2-3-5-19(18)22(27)26-25-21)12-20(14)30(28,29)24-13-15-7-10-17(23)11-8-15/h6-12,24H,2-5,13H2,1H3,(H,26,27). The van der Waals surface area contributed by atoms with Crippen LogP contribution < -0.4 is 10.3 Å². The lowest BCUT2D eigenvalue weighted by Gasteiger charge is -2.18. The van der Waals surface area contributed by atoms with Crippen LogP contribution in [0.2, 0.25) is 0 Å². The highest BCUT2D eigenvalue weighted by atomic mass is 79.9. The minimum atomic E-state index is -3.72. The summed E-state index contributed by atoms with van der Waals surface area (Å²) in [6.45, 7) is 1.97. The lowest BCUT2D eigenvalue weighted by Crippen LogP contribution is -2.24. The van der Waals surface area contributed by atoms with E-state index in [0.717, 1.165) is 46.8 Å². The molecule has 4 rings (SSSR count). The molecule has 0 amide bonds. The van der Waals surface area contributed by atoms with Gasteiger partial charge in [-0.05, 0) is 67.5 Å². The maximum atomic E-state index is 13.0. The molecular weight excluding hydrogens is 466 g/mol. The van der Waals surface area contributed by atoms with Crippen LogP contribution in [0.4, 0.5) is 0 Å². The Kier molecular flexibility index (Phi) is 5.90. The van der Waals surface area contributed by atoms with E-state index in [1.165, 1.54) is 0 Å². The average Bonchev–Trinajstić information content (AvgIpc) is 2.74. The third-order valence-corrected chi connectivity index (χ3v) is 7.50. The van der Waals surface area contributed by atoms with Gasteiger partial charge in [-0.3, -0.25) is 4.79 Å². The van der Waals surface area contributed by atoms with Crippen molar-refractivity contribution in [3.63, 3.8) is 0 Å². The van der Waals surface area contributed by atoms with Gasteiger partial charge in [-0.2, -0.15) is 5.10 Å². The molecule has 6 nitrogen and oxygen atoms in total. The van der Waals surface area contributed by atoms with E-state index in [1.54, 1.807) is 19.1 Å². The Morgan fingerprint density at radius 1 is 1.07 bits per heavy atom. The van der Waals surface area contributed by atoms with Crippen LogP contribution in [0.5, 0.6) is 0 Å². The molecule has 1 aliphatic rings. The first-order valence-corrected chi connectivity index (χ1v) is 12.1. The second-order valence-corrected chi connectivity index (χ2v) is 10.1. The molecule has 30 heavy (non-hydrogen) atoms. The van der Waals surface area contributed by atoms with Gasteiger partial charge >= 0.3 is 0 Å². The second kappa shape index (κ2) is 8.45. The van der Waals surface area contributed by atoms with Crippen molar-refractivity contribution in [3.05, 3.63) is 79.5 Å². The summed E-state index contributed by atoms with van der Waals surface area (Å²) < 4.78 is 29.7. The Balaban J connectivity index is 1.68. The van der Waals surface area contributed by atoms with Crippen LogP contribution in [0.3, 0.4) is 0 Å². The van der Waals surface area contributed by atoms with Crippen molar-refractivity contribution < 1.29 is 8.42 Å². The topological polar surface area (TPSA) is 91.9 Å². The van der Waals surface area contributed by atoms with Gasteiger partial charge in [0.2, 0.25) is 10.0 Å². The predicted molar refractivity (Wildman–Crippen MR) is 120 cm³/mol. The fourth-order valence-corrected chi connectivity index (χ4v) is 5.34. The molecule has 1 aliphatic carbocycles. The highest BCUT2D eigenvalue weighted by molar-refractivity contribution is 9.10. The number of aromatic nitrogens is 2. The maximum Gasteiger partial charge on any atom is 0.267 e. The van der Waals surface area contributed by atoms with Gasteiger partial charge in [0.25, 0.3) is 5.56 Å². The molecule has 0 saturated heterocycles. The van der Waals surface area contributed by atoms with Crippen LogP contribution in [0, 0.1) is 6.92 Å². The van der Waals surface area contributed by atoms with E-state index in [4.69, 9.17) is 0 Å². The lowest BCUT2D eigenvalue weighted by atomic mass is 9.90. The molecule has 1 heterocycles. The van der Waals surface area contributed by atoms with Crippen molar-refractivity contribution in [2.45, 2.75) is 44.0 Å². The monoisotopic (exact) mass is 487 g/mol. The summed E-state index contributed by atoms with van der Waals surface area (Å²) in [5.74, 6) is 0. The third kappa shape index (κ3) is 4.26. The molecule has 8 heteroatoms. The number of hydrogen-bond acceptors (Lipinski definition) is 4. The van der Waals surface area contributed by atoms with Crippen molar-refractivity contribution in [3.8, 4) is 11.3 Å². The molecule has 1 aromatic heterocycles. The number of nitrogens with zero attached hydrogens (tertiary/aromatic N) is 1. The highest BCUT2D eigenvalue weighted by Gasteiger charge is 2.22. The van der Waals surface area contributed by atoms with Gasteiger partial charge in [-0.25, -0.2) is 18.2 Å². The van der Waals surface area contributed by atoms with E-state index in [9.17, 15) is 13.2 Å². The van der Waals surface area contributed by atoms with E-state index in [-0.39, 0.29) is 17.0 Å². The Labute approximate surface area is 183 Å². The Bertz CT molecular complexity index is 1250. The minimum absolute atomic E-state index is 0.149. The molecule has 0 radical (unpaired) electrons. The van der Waals surface area contributed by atoms with Gasteiger partial charge in [0, 0.05) is 22.1 Å². The summed E-state index contributed by atoms with van der Waals surface area (Å²) >= 11 is 3.38. The largest absolute Gasteiger partial charge is 0.268 e. The smallest absolute Gasteiger partial charge is 0.267 e. The molecule has 0 aliphatic heterocycles. The normalized spacial score (nSPS) is 13.8. The zero-order chi connectivity index (χ0) is 21.3. The Hall–Kier alpha value is -2.29. The Morgan fingerprint density at radius 3 is 2.50 bits per heavy atom. The van der Waals surface area contributed by atoms with Gasteiger partial charge in [-0.15, -0.1) is 0 Å². The maximum absolute atomic E-state index is 13.0. The molecule has 2 N–H and O–H groups in total. The number of nitrogens with one attached hydrogen (secondary N) is 2. The fraction of sp³-hybridized carbons (Fsp3) is 0.273. The predicted octanol–water partition coefficient (Wildman–Crippen LogP) is 3.87. The number of H-pyrrole nitrogens is 1. The molecule has 0 fully saturated rings. The number of benzene rings is 2. The van der Waals surface area contributed by atoms with Crippen molar-refractivity contribution in [1.29, 1.82) is 0 Å². The van der Waals surface area contributed by atoms with E-state index < -0.39 is 10.0 Å². The van der Waals surface area contributed by atoms with Crippen molar-refractivity contribution >= 4 is 26.0 Å². The van der Waals surface area contributed by atoms with Gasteiger partial charge in [0.15, 0.2) is 0 Å². The SMILES string of the molecule is Cc1ccc(-c2n[nH]c(=O)c3c2CCCC3)cc1S(=O)(=O)NCc1ccc(Br)cc1. The number of halogens is 1. The molecule has 156 valence electrons. The summed E-state index contributed by atoms with van der Waals surface area (Å²) in [6.07, 6.45) is 3.48. The van der Waals surface area contributed by atoms with Crippen LogP contribution in [-0.4, -0.2) is 18.6 Å². The molecule has 0 bridgehead atoms. The minimum Gasteiger partial charge on any atom is -0.268 e. The van der Waals surface area contributed by atoms with E-state index in [2.05, 4.69) is 30.8 Å². The number of rotatable bonds is 5. The van der Waals surface area contributed by atoms with Crippen LogP contribution in [0.25, 0.3) is 11.3 Å². The molecule has 0 saturated carbocycles. The molecule has 0 atom stereocenters. The zero-order valence-corrected chi connectivity index (χ0v) is 18.9. The van der Waals surface area contributed by atoms with Crippen LogP contribution >= 0.6 is 15.9 Å². The molecule has 2 aromatic carbocycles. The van der Waals surface area contributed by atoms with E-state index >= 15 is 0 Å². The number of aromatic amines is 1. The van der Waals surface area contributed by atoms with Gasteiger partial charge in [0.05, 0.1) is 10.6 Å². The quantitative estimate of drug-likeness (QED) is 0.571. The molecule has 0 spiro atoms. The first kappa shape index (κ1) is 21.0. The van der Waals surface area contributed by atoms with Gasteiger partial charge < -0.3 is 0 Å². The van der Waals surface area contributed by atoms with E-state index in [1.807, 2.05) is 30.3 Å². The Morgan fingerprint density at radius 2 is 1.77 bits per heavy atom. The summed E-state index contributed by atoms with van der Waals surface area (Å²) in [7, 11) is -3.72. The average molecular weight is 488 g/mol. The summed E-state index contributed by atoms with van der Waals surface area (Å²) in [5, 5.41) is 6.84. The lowest BCUT2D eigenvalue weighted by molar-refractivity contribution is 0.580. The fourth-order valence-electron chi connectivity index (χ4n) is 3.79. The van der Waals surface area contributed by atoms with Crippen molar-refractivity contribution in [2.75, 3.05) is 0 Å². The summed E-state index contributed by atoms with van der Waals surface area (Å²) in [6, 6.07) is 12.8. The molecule has 3 aromatic rings. The van der Waals surface area contributed by atoms with Gasteiger partial charge in [-0.1, -0.05) is 40.2 Å². The van der Waals surface area contributed by atoms with Gasteiger partial charge in [0.1, 0.15) is 0 Å². The zero-order valence-electron chi connectivity index (χ0n) is 16.5. The number of sulfonamides is 1. The first-order chi connectivity index (χ1) is 14.3. The molecule has 0 unspecified atom stereocenters. The number of hydrogen-bond donors (Lipinski definition) is 2. The third-order valence-electron chi connectivity index (χ3n) is 5.43. The second-order valence-electron chi connectivity index (χ2n) is 7.50. The van der Waals surface area contributed by atoms with Crippen LogP contribution in [0.1, 0.15) is 35.1 Å². The number of fused-ring (bicyclic) bond motifs is 1.